The lowest BCUT2D eigenvalue weighted by Gasteiger charge is -2.34. The van der Waals surface area contributed by atoms with Crippen LogP contribution in [0.3, 0.4) is 0 Å². The number of carbonyl (C=O) groups is 1. The van der Waals surface area contributed by atoms with E-state index in [1.807, 2.05) is 70.4 Å². The second-order valence-electron chi connectivity index (χ2n) is 7.16. The van der Waals surface area contributed by atoms with Crippen molar-refractivity contribution in [3.63, 3.8) is 0 Å². The quantitative estimate of drug-likeness (QED) is 0.535. The van der Waals surface area contributed by atoms with Gasteiger partial charge >= 0.3 is 0 Å². The van der Waals surface area contributed by atoms with Crippen LogP contribution in [0.1, 0.15) is 17.3 Å². The zero-order chi connectivity index (χ0) is 19.6. The number of nitrogens with zero attached hydrogens (tertiary/aromatic N) is 4. The summed E-state index contributed by atoms with van der Waals surface area (Å²) in [5.41, 5.74) is 3.64. The zero-order valence-corrected chi connectivity index (χ0v) is 15.8. The Balaban J connectivity index is 1.39. The molecule has 0 saturated heterocycles. The highest BCUT2D eigenvalue weighted by molar-refractivity contribution is 5.95. The molecule has 29 heavy (non-hydrogen) atoms. The summed E-state index contributed by atoms with van der Waals surface area (Å²) in [6.07, 6.45) is 6.33. The Labute approximate surface area is 168 Å². The third kappa shape index (κ3) is 3.45. The van der Waals surface area contributed by atoms with Crippen molar-refractivity contribution in [2.24, 2.45) is 0 Å². The van der Waals surface area contributed by atoms with Crippen LogP contribution in [-0.2, 0) is 17.6 Å². The van der Waals surface area contributed by atoms with Crippen molar-refractivity contribution >= 4 is 11.6 Å². The SMILES string of the molecule is O=C(Cc1coc(-c2ccccc2)n1)N1CC(n2cccn2)Cc2ccccc21. The Morgan fingerprint density at radius 1 is 1.07 bits per heavy atom. The highest BCUT2D eigenvalue weighted by Crippen LogP contribution is 2.32. The number of amides is 1. The molecular formula is C23H20N4O2. The average Bonchev–Trinajstić information content (AvgIpc) is 3.46. The molecule has 4 aromatic rings. The fourth-order valence-corrected chi connectivity index (χ4v) is 3.84. The summed E-state index contributed by atoms with van der Waals surface area (Å²) in [5.74, 6) is 0.532. The van der Waals surface area contributed by atoms with Crippen LogP contribution in [0.4, 0.5) is 5.69 Å². The van der Waals surface area contributed by atoms with Crippen LogP contribution >= 0.6 is 0 Å². The third-order valence-electron chi connectivity index (χ3n) is 5.24. The van der Waals surface area contributed by atoms with Crippen LogP contribution in [0.2, 0.25) is 0 Å². The number of hydrogen-bond donors (Lipinski definition) is 0. The van der Waals surface area contributed by atoms with Gasteiger partial charge in [0.25, 0.3) is 0 Å². The molecule has 6 heteroatoms. The molecule has 0 spiro atoms. The van der Waals surface area contributed by atoms with Gasteiger partial charge in [0, 0.05) is 30.2 Å². The highest BCUT2D eigenvalue weighted by Gasteiger charge is 2.30. The van der Waals surface area contributed by atoms with Crippen LogP contribution in [0, 0.1) is 0 Å². The minimum atomic E-state index is 0.00205. The number of para-hydroxylation sites is 1. The Bertz CT molecular complexity index is 1120. The van der Waals surface area contributed by atoms with Crippen molar-refractivity contribution in [3.8, 4) is 11.5 Å². The first-order valence-electron chi connectivity index (χ1n) is 9.65. The van der Waals surface area contributed by atoms with Crippen LogP contribution in [0.5, 0.6) is 0 Å². The standard InChI is InChI=1S/C23H20N4O2/c28-22(14-19-16-29-23(25-19)17-7-2-1-3-8-17)26-15-20(27-12-6-11-24-27)13-18-9-4-5-10-21(18)26/h1-12,16,20H,13-15H2. The van der Waals surface area contributed by atoms with E-state index in [2.05, 4.69) is 16.1 Å². The normalized spacial score (nSPS) is 15.9. The van der Waals surface area contributed by atoms with Gasteiger partial charge in [0.15, 0.2) is 0 Å². The maximum atomic E-state index is 13.2. The number of aromatic nitrogens is 3. The maximum absolute atomic E-state index is 13.2. The van der Waals surface area contributed by atoms with Gasteiger partial charge in [0.2, 0.25) is 11.8 Å². The Kier molecular flexibility index (Phi) is 4.44. The Morgan fingerprint density at radius 2 is 1.90 bits per heavy atom. The molecular weight excluding hydrogens is 364 g/mol. The molecule has 1 unspecified atom stereocenters. The predicted molar refractivity (Wildman–Crippen MR) is 109 cm³/mol. The topological polar surface area (TPSA) is 64.2 Å². The third-order valence-corrected chi connectivity index (χ3v) is 5.24. The first kappa shape index (κ1) is 17.4. The number of oxazole rings is 1. The van der Waals surface area contributed by atoms with Crippen molar-refractivity contribution < 1.29 is 9.21 Å². The van der Waals surface area contributed by atoms with E-state index in [-0.39, 0.29) is 18.4 Å². The van der Waals surface area contributed by atoms with Crippen molar-refractivity contribution in [1.29, 1.82) is 0 Å². The van der Waals surface area contributed by atoms with Gasteiger partial charge in [-0.05, 0) is 36.2 Å². The van der Waals surface area contributed by atoms with Crippen LogP contribution in [0.15, 0.2) is 83.7 Å². The fraction of sp³-hybridized carbons (Fsp3) is 0.174. The van der Waals surface area contributed by atoms with Gasteiger partial charge in [0.05, 0.1) is 18.2 Å². The van der Waals surface area contributed by atoms with Crippen LogP contribution in [-0.4, -0.2) is 27.2 Å². The smallest absolute Gasteiger partial charge is 0.233 e. The molecule has 6 nitrogen and oxygen atoms in total. The molecule has 5 rings (SSSR count). The first-order valence-corrected chi connectivity index (χ1v) is 9.65. The van der Waals surface area contributed by atoms with Crippen LogP contribution in [0.25, 0.3) is 11.5 Å². The molecule has 144 valence electrons. The van der Waals surface area contributed by atoms with Gasteiger partial charge in [-0.2, -0.15) is 5.10 Å². The molecule has 0 radical (unpaired) electrons. The molecule has 0 fully saturated rings. The molecule has 0 bridgehead atoms. The summed E-state index contributed by atoms with van der Waals surface area (Å²) >= 11 is 0. The average molecular weight is 384 g/mol. The number of fused-ring (bicyclic) bond motifs is 1. The summed E-state index contributed by atoms with van der Waals surface area (Å²) in [6.45, 7) is 0.584. The highest BCUT2D eigenvalue weighted by atomic mass is 16.3. The molecule has 3 heterocycles. The zero-order valence-electron chi connectivity index (χ0n) is 15.8. The van der Waals surface area contributed by atoms with E-state index in [1.54, 1.807) is 12.5 Å². The minimum absolute atomic E-state index is 0.00205. The number of anilines is 1. The van der Waals surface area contributed by atoms with Crippen LogP contribution < -0.4 is 4.90 Å². The van der Waals surface area contributed by atoms with Gasteiger partial charge < -0.3 is 9.32 Å². The van der Waals surface area contributed by atoms with Crippen molar-refractivity contribution in [2.75, 3.05) is 11.4 Å². The molecule has 0 aliphatic carbocycles. The number of hydrogen-bond acceptors (Lipinski definition) is 4. The van der Waals surface area contributed by atoms with E-state index in [1.165, 1.54) is 0 Å². The summed E-state index contributed by atoms with van der Waals surface area (Å²) < 4.78 is 7.52. The molecule has 1 aliphatic heterocycles. The second-order valence-corrected chi connectivity index (χ2v) is 7.16. The van der Waals surface area contributed by atoms with Gasteiger partial charge in [0.1, 0.15) is 6.26 Å². The van der Waals surface area contributed by atoms with E-state index in [0.717, 1.165) is 23.2 Å². The van der Waals surface area contributed by atoms with Crippen molar-refractivity contribution in [3.05, 3.63) is 90.6 Å². The van der Waals surface area contributed by atoms with Gasteiger partial charge in [-0.1, -0.05) is 36.4 Å². The lowest BCUT2D eigenvalue weighted by molar-refractivity contribution is -0.118. The molecule has 1 atom stereocenters. The van der Waals surface area contributed by atoms with E-state index in [0.29, 0.717) is 18.1 Å². The largest absolute Gasteiger partial charge is 0.444 e. The summed E-state index contributed by atoms with van der Waals surface area (Å²) in [5, 5.41) is 4.38. The summed E-state index contributed by atoms with van der Waals surface area (Å²) in [4.78, 5) is 19.6. The molecule has 1 amide bonds. The number of carbonyl (C=O) groups excluding carboxylic acids is 1. The van der Waals surface area contributed by atoms with Crippen molar-refractivity contribution in [2.45, 2.75) is 18.9 Å². The van der Waals surface area contributed by atoms with E-state index in [4.69, 9.17) is 4.42 Å². The van der Waals surface area contributed by atoms with E-state index >= 15 is 0 Å². The van der Waals surface area contributed by atoms with Gasteiger partial charge in [-0.25, -0.2) is 4.98 Å². The molecule has 0 N–H and O–H groups in total. The summed E-state index contributed by atoms with van der Waals surface area (Å²) in [6, 6.07) is 19.8. The lowest BCUT2D eigenvalue weighted by Crippen LogP contribution is -2.41. The van der Waals surface area contributed by atoms with Crippen molar-refractivity contribution in [1.82, 2.24) is 14.8 Å². The second kappa shape index (κ2) is 7.39. The Hall–Kier alpha value is -3.67. The molecule has 2 aromatic heterocycles. The van der Waals surface area contributed by atoms with Gasteiger partial charge in [-0.3, -0.25) is 9.48 Å². The fourth-order valence-electron chi connectivity index (χ4n) is 3.84. The van der Waals surface area contributed by atoms with Gasteiger partial charge in [-0.15, -0.1) is 0 Å². The summed E-state index contributed by atoms with van der Waals surface area (Å²) in [7, 11) is 0. The molecule has 2 aromatic carbocycles. The number of rotatable bonds is 4. The number of benzene rings is 2. The lowest BCUT2D eigenvalue weighted by atomic mass is 9.97. The van der Waals surface area contributed by atoms with E-state index < -0.39 is 0 Å². The molecule has 1 aliphatic rings. The monoisotopic (exact) mass is 384 g/mol. The first-order chi connectivity index (χ1) is 14.3. The maximum Gasteiger partial charge on any atom is 0.233 e. The Morgan fingerprint density at radius 3 is 2.72 bits per heavy atom. The minimum Gasteiger partial charge on any atom is -0.444 e. The predicted octanol–water partition coefficient (Wildman–Crippen LogP) is 3.91. The van der Waals surface area contributed by atoms with E-state index in [9.17, 15) is 4.79 Å². The molecule has 0 saturated carbocycles.